The van der Waals surface area contributed by atoms with Gasteiger partial charge in [-0.15, -0.1) is 0 Å². The summed E-state index contributed by atoms with van der Waals surface area (Å²) in [6.07, 6.45) is 4.97. The maximum Gasteiger partial charge on any atom is 0.231 e. The molecule has 0 fully saturated rings. The Morgan fingerprint density at radius 1 is 0.933 bits per heavy atom. The molecule has 0 unspecified atom stereocenters. The number of rotatable bonds is 7. The van der Waals surface area contributed by atoms with Crippen molar-refractivity contribution in [3.63, 3.8) is 0 Å². The fourth-order valence-electron chi connectivity index (χ4n) is 3.20. The number of hydrogen-bond acceptors (Lipinski definition) is 7. The van der Waals surface area contributed by atoms with Gasteiger partial charge in [0, 0.05) is 11.1 Å². The van der Waals surface area contributed by atoms with Crippen LogP contribution in [0.4, 0.5) is 17.6 Å². The lowest BCUT2D eigenvalue weighted by molar-refractivity contribution is 0.517. The molecule has 5 rings (SSSR count). The summed E-state index contributed by atoms with van der Waals surface area (Å²) in [7, 11) is 0. The largest absolute Gasteiger partial charge is 0.467 e. The fraction of sp³-hybridized carbons (Fsp3) is 0.0909. The monoisotopic (exact) mass is 397 g/mol. The Labute approximate surface area is 172 Å². The van der Waals surface area contributed by atoms with Crippen molar-refractivity contribution < 1.29 is 4.42 Å². The third-order valence-electron chi connectivity index (χ3n) is 4.65. The van der Waals surface area contributed by atoms with Crippen molar-refractivity contribution in [1.29, 1.82) is 0 Å². The highest BCUT2D eigenvalue weighted by Crippen LogP contribution is 2.22. The molecule has 30 heavy (non-hydrogen) atoms. The highest BCUT2D eigenvalue weighted by Gasteiger charge is 2.07. The van der Waals surface area contributed by atoms with Crippen LogP contribution in [-0.4, -0.2) is 24.7 Å². The van der Waals surface area contributed by atoms with E-state index in [-0.39, 0.29) is 0 Å². The zero-order chi connectivity index (χ0) is 20.2. The Kier molecular flexibility index (Phi) is 4.79. The molecule has 2 N–H and O–H groups in total. The molecule has 0 saturated heterocycles. The smallest absolute Gasteiger partial charge is 0.231 e. The van der Waals surface area contributed by atoms with Gasteiger partial charge in [0.15, 0.2) is 0 Å². The number of nitrogens with zero attached hydrogens (tertiary/aromatic N) is 5. The summed E-state index contributed by atoms with van der Waals surface area (Å²) in [5.74, 6) is 1.74. The molecule has 3 heterocycles. The van der Waals surface area contributed by atoms with Gasteiger partial charge in [0.1, 0.15) is 12.1 Å². The lowest BCUT2D eigenvalue weighted by atomic mass is 10.2. The molecule has 8 heteroatoms. The van der Waals surface area contributed by atoms with Gasteiger partial charge in [-0.1, -0.05) is 30.3 Å². The first-order valence-electron chi connectivity index (χ1n) is 9.55. The molecule has 0 spiro atoms. The Morgan fingerprint density at radius 3 is 2.70 bits per heavy atom. The number of nitrogens with one attached hydrogen (secondary N) is 2. The minimum absolute atomic E-state index is 0.461. The molecule has 0 saturated carbocycles. The van der Waals surface area contributed by atoms with E-state index in [1.165, 1.54) is 11.9 Å². The average Bonchev–Trinajstić information content (AvgIpc) is 3.43. The maximum absolute atomic E-state index is 5.30. The van der Waals surface area contributed by atoms with E-state index in [9.17, 15) is 0 Å². The maximum atomic E-state index is 5.30. The summed E-state index contributed by atoms with van der Waals surface area (Å²) in [6.45, 7) is 1.23. The number of fused-ring (bicyclic) bond motifs is 1. The van der Waals surface area contributed by atoms with Crippen molar-refractivity contribution in [2.45, 2.75) is 13.1 Å². The Hall–Kier alpha value is -4.20. The van der Waals surface area contributed by atoms with E-state index in [0.717, 1.165) is 28.9 Å². The summed E-state index contributed by atoms with van der Waals surface area (Å²) < 4.78 is 7.30. The molecule has 5 aromatic rings. The van der Waals surface area contributed by atoms with Crippen molar-refractivity contribution >= 4 is 28.5 Å². The topological polar surface area (TPSA) is 93.7 Å². The van der Waals surface area contributed by atoms with Crippen LogP contribution in [0.15, 0.2) is 83.9 Å². The predicted molar refractivity (Wildman–Crippen MR) is 114 cm³/mol. The molecule has 8 nitrogen and oxygen atoms in total. The Balaban J connectivity index is 1.30. The number of benzene rings is 2. The zero-order valence-corrected chi connectivity index (χ0v) is 16.1. The van der Waals surface area contributed by atoms with Crippen LogP contribution in [0.1, 0.15) is 11.3 Å². The zero-order valence-electron chi connectivity index (χ0n) is 16.1. The van der Waals surface area contributed by atoms with Gasteiger partial charge in [-0.25, -0.2) is 9.97 Å². The van der Waals surface area contributed by atoms with E-state index in [4.69, 9.17) is 4.42 Å². The number of aromatic nitrogens is 5. The molecule has 148 valence electrons. The predicted octanol–water partition coefficient (Wildman–Crippen LogP) is 4.22. The number of furan rings is 1. The minimum atomic E-state index is 0.461. The molecule has 0 radical (unpaired) electrons. The van der Waals surface area contributed by atoms with Crippen LogP contribution in [-0.2, 0) is 13.1 Å². The SMILES string of the molecule is c1ccc(Cn2ncc3cc(Nc4ncnc(NCc5ccco5)n4)ccc32)cc1. The van der Waals surface area contributed by atoms with Crippen LogP contribution in [0.25, 0.3) is 10.9 Å². The van der Waals surface area contributed by atoms with Gasteiger partial charge < -0.3 is 15.1 Å². The van der Waals surface area contributed by atoms with Crippen molar-refractivity contribution in [2.75, 3.05) is 10.6 Å². The van der Waals surface area contributed by atoms with Gasteiger partial charge in [0.05, 0.1) is 31.1 Å². The van der Waals surface area contributed by atoms with Crippen LogP contribution >= 0.6 is 0 Å². The summed E-state index contributed by atoms with van der Waals surface area (Å²) in [5, 5.41) is 11.9. The normalized spacial score (nSPS) is 10.9. The first-order chi connectivity index (χ1) is 14.8. The Bertz CT molecular complexity index is 1250. The van der Waals surface area contributed by atoms with E-state index >= 15 is 0 Å². The molecule has 2 aromatic carbocycles. The molecule has 0 bridgehead atoms. The van der Waals surface area contributed by atoms with Crippen molar-refractivity contribution in [3.05, 3.63) is 90.8 Å². The first-order valence-corrected chi connectivity index (χ1v) is 9.55. The van der Waals surface area contributed by atoms with E-state index in [0.29, 0.717) is 18.4 Å². The van der Waals surface area contributed by atoms with Gasteiger partial charge in [-0.2, -0.15) is 10.1 Å². The van der Waals surface area contributed by atoms with Crippen molar-refractivity contribution in [2.24, 2.45) is 0 Å². The lowest BCUT2D eigenvalue weighted by Crippen LogP contribution is -2.06. The van der Waals surface area contributed by atoms with Gasteiger partial charge in [0.25, 0.3) is 0 Å². The molecule has 0 aliphatic carbocycles. The van der Waals surface area contributed by atoms with Crippen LogP contribution < -0.4 is 10.6 Å². The van der Waals surface area contributed by atoms with Crippen LogP contribution in [0.2, 0.25) is 0 Å². The summed E-state index contributed by atoms with van der Waals surface area (Å²) in [4.78, 5) is 12.8. The fourth-order valence-corrected chi connectivity index (χ4v) is 3.20. The summed E-state index contributed by atoms with van der Waals surface area (Å²) in [6, 6.07) is 20.1. The second-order valence-electron chi connectivity index (χ2n) is 6.75. The standard InChI is InChI=1S/C22H19N7O/c1-2-5-16(6-3-1)14-29-20-9-8-18(11-17(20)12-26-29)27-22-25-15-24-21(28-22)23-13-19-7-4-10-30-19/h1-12,15H,13-14H2,(H2,23,24,25,27,28). The highest BCUT2D eigenvalue weighted by molar-refractivity contribution is 5.83. The van der Waals surface area contributed by atoms with Crippen LogP contribution in [0, 0.1) is 0 Å². The van der Waals surface area contributed by atoms with Gasteiger partial charge in [0.2, 0.25) is 11.9 Å². The lowest BCUT2D eigenvalue weighted by Gasteiger charge is -2.08. The van der Waals surface area contributed by atoms with Crippen molar-refractivity contribution in [1.82, 2.24) is 24.7 Å². The van der Waals surface area contributed by atoms with Crippen LogP contribution in [0.5, 0.6) is 0 Å². The molecule has 0 aliphatic heterocycles. The molecule has 3 aromatic heterocycles. The Morgan fingerprint density at radius 2 is 1.83 bits per heavy atom. The molecule has 0 aliphatic rings. The van der Waals surface area contributed by atoms with Crippen molar-refractivity contribution in [3.8, 4) is 0 Å². The summed E-state index contributed by atoms with van der Waals surface area (Å²) in [5.41, 5.74) is 3.16. The van der Waals surface area contributed by atoms with E-state index in [1.807, 2.05) is 59.4 Å². The van der Waals surface area contributed by atoms with E-state index < -0.39 is 0 Å². The second-order valence-corrected chi connectivity index (χ2v) is 6.75. The molecule has 0 atom stereocenters. The van der Waals surface area contributed by atoms with Gasteiger partial charge >= 0.3 is 0 Å². The number of anilines is 3. The quantitative estimate of drug-likeness (QED) is 0.425. The third-order valence-corrected chi connectivity index (χ3v) is 4.65. The molecular formula is C22H19N7O. The van der Waals surface area contributed by atoms with Gasteiger partial charge in [-0.05, 0) is 35.9 Å². The summed E-state index contributed by atoms with van der Waals surface area (Å²) >= 11 is 0. The second kappa shape index (κ2) is 8.04. The van der Waals surface area contributed by atoms with Crippen LogP contribution in [0.3, 0.4) is 0 Å². The average molecular weight is 397 g/mol. The molecular weight excluding hydrogens is 378 g/mol. The minimum Gasteiger partial charge on any atom is -0.467 e. The number of hydrogen-bond donors (Lipinski definition) is 2. The third kappa shape index (κ3) is 3.97. The first kappa shape index (κ1) is 17.9. The molecule has 0 amide bonds. The van der Waals surface area contributed by atoms with Gasteiger partial charge in [-0.3, -0.25) is 4.68 Å². The van der Waals surface area contributed by atoms with E-state index in [2.05, 4.69) is 42.8 Å². The van der Waals surface area contributed by atoms with E-state index in [1.54, 1.807) is 6.26 Å². The highest BCUT2D eigenvalue weighted by atomic mass is 16.3.